The number of aromatic amines is 1. The van der Waals surface area contributed by atoms with Crippen LogP contribution in [0.5, 0.6) is 0 Å². The van der Waals surface area contributed by atoms with E-state index in [4.69, 9.17) is 0 Å². The molecule has 116 valence electrons. The number of hydrogen-bond donors (Lipinski definition) is 1. The number of benzene rings is 1. The maximum atomic E-state index is 13.3. The maximum Gasteiger partial charge on any atom is 0.257 e. The van der Waals surface area contributed by atoms with Crippen LogP contribution in [-0.2, 0) is 0 Å². The highest BCUT2D eigenvalue weighted by Crippen LogP contribution is 2.28. The zero-order chi connectivity index (χ0) is 15.8. The summed E-state index contributed by atoms with van der Waals surface area (Å²) in [5.41, 5.74) is 1.91. The normalized spacial score (nSPS) is 17.8. The van der Waals surface area contributed by atoms with Gasteiger partial charge in [-0.05, 0) is 24.6 Å². The van der Waals surface area contributed by atoms with Crippen molar-refractivity contribution < 1.29 is 9.18 Å². The molecule has 0 radical (unpaired) electrons. The number of halogens is 1. The number of carbonyl (C=O) groups excluding carboxylic acids is 1. The van der Waals surface area contributed by atoms with Gasteiger partial charge in [0.25, 0.3) is 5.91 Å². The number of rotatable bonds is 2. The zero-order valence-electron chi connectivity index (χ0n) is 12.2. The molecule has 6 nitrogen and oxygen atoms in total. The van der Waals surface area contributed by atoms with Crippen molar-refractivity contribution in [1.29, 1.82) is 0 Å². The molecule has 1 fully saturated rings. The Bertz CT molecular complexity index is 863. The van der Waals surface area contributed by atoms with Crippen molar-refractivity contribution >= 4 is 16.9 Å². The lowest BCUT2D eigenvalue weighted by Gasteiger charge is -2.15. The Kier molecular flexibility index (Phi) is 3.25. The highest BCUT2D eigenvalue weighted by atomic mass is 19.1. The smallest absolute Gasteiger partial charge is 0.257 e. The van der Waals surface area contributed by atoms with Crippen LogP contribution < -0.4 is 0 Å². The standard InChI is InChI=1S/C16H14FN5O/c17-12-1-2-13-14(5-12)21-15(20-13)10-3-4-22(8-10)16(23)11-6-18-9-19-7-11/h1-2,5-7,9-10H,3-4,8H2,(H,20,21). The number of likely N-dealkylation sites (tertiary alicyclic amines) is 1. The number of H-pyrrole nitrogens is 1. The molecule has 2 aromatic heterocycles. The summed E-state index contributed by atoms with van der Waals surface area (Å²) in [6.45, 7) is 1.24. The van der Waals surface area contributed by atoms with Crippen LogP contribution in [0.2, 0.25) is 0 Å². The molecule has 0 spiro atoms. The average Bonchev–Trinajstić information content (AvgIpc) is 3.21. The summed E-state index contributed by atoms with van der Waals surface area (Å²) in [6.07, 6.45) is 5.26. The van der Waals surface area contributed by atoms with Gasteiger partial charge in [0.1, 0.15) is 18.0 Å². The first-order valence-corrected chi connectivity index (χ1v) is 7.40. The Balaban J connectivity index is 1.54. The van der Waals surface area contributed by atoms with Crippen molar-refractivity contribution in [3.63, 3.8) is 0 Å². The van der Waals surface area contributed by atoms with Crippen LogP contribution in [0.4, 0.5) is 4.39 Å². The van der Waals surface area contributed by atoms with Gasteiger partial charge in [0, 0.05) is 31.4 Å². The fraction of sp³-hybridized carbons (Fsp3) is 0.250. The van der Waals surface area contributed by atoms with Gasteiger partial charge in [0.2, 0.25) is 0 Å². The van der Waals surface area contributed by atoms with E-state index >= 15 is 0 Å². The average molecular weight is 311 g/mol. The molecule has 4 rings (SSSR count). The van der Waals surface area contributed by atoms with Crippen LogP contribution in [0.1, 0.15) is 28.5 Å². The number of imidazole rings is 1. The molecule has 1 aliphatic rings. The molecular formula is C16H14FN5O. The van der Waals surface area contributed by atoms with Crippen molar-refractivity contribution in [3.8, 4) is 0 Å². The molecule has 1 N–H and O–H groups in total. The molecule has 1 unspecified atom stereocenters. The van der Waals surface area contributed by atoms with E-state index in [1.54, 1.807) is 11.0 Å². The predicted octanol–water partition coefficient (Wildman–Crippen LogP) is 2.12. The Morgan fingerprint density at radius 3 is 2.96 bits per heavy atom. The molecule has 0 bridgehead atoms. The highest BCUT2D eigenvalue weighted by Gasteiger charge is 2.30. The topological polar surface area (TPSA) is 74.8 Å². The van der Waals surface area contributed by atoms with Gasteiger partial charge in [0.05, 0.1) is 16.6 Å². The van der Waals surface area contributed by atoms with Gasteiger partial charge >= 0.3 is 0 Å². The van der Waals surface area contributed by atoms with Crippen molar-refractivity contribution in [2.24, 2.45) is 0 Å². The molecule has 0 saturated carbocycles. The zero-order valence-corrected chi connectivity index (χ0v) is 12.2. The number of aromatic nitrogens is 4. The number of carbonyl (C=O) groups is 1. The molecule has 3 heterocycles. The number of hydrogen-bond acceptors (Lipinski definition) is 4. The van der Waals surface area contributed by atoms with Gasteiger partial charge in [0.15, 0.2) is 0 Å². The van der Waals surface area contributed by atoms with Crippen LogP contribution >= 0.6 is 0 Å². The Morgan fingerprint density at radius 1 is 1.30 bits per heavy atom. The van der Waals surface area contributed by atoms with Gasteiger partial charge in [-0.3, -0.25) is 4.79 Å². The summed E-state index contributed by atoms with van der Waals surface area (Å²) in [5, 5.41) is 0. The molecular weight excluding hydrogens is 297 g/mol. The lowest BCUT2D eigenvalue weighted by molar-refractivity contribution is 0.0789. The van der Waals surface area contributed by atoms with E-state index in [9.17, 15) is 9.18 Å². The first kappa shape index (κ1) is 13.8. The Labute approximate surface area is 131 Å². The van der Waals surface area contributed by atoms with Crippen molar-refractivity contribution in [1.82, 2.24) is 24.8 Å². The molecule has 7 heteroatoms. The molecule has 1 saturated heterocycles. The second-order valence-corrected chi connectivity index (χ2v) is 5.65. The third-order valence-corrected chi connectivity index (χ3v) is 4.13. The number of amides is 1. The lowest BCUT2D eigenvalue weighted by Crippen LogP contribution is -2.28. The molecule has 3 aromatic rings. The highest BCUT2D eigenvalue weighted by molar-refractivity contribution is 5.93. The fourth-order valence-corrected chi connectivity index (χ4v) is 2.95. The van der Waals surface area contributed by atoms with Crippen molar-refractivity contribution in [3.05, 3.63) is 54.1 Å². The van der Waals surface area contributed by atoms with Crippen molar-refractivity contribution in [2.75, 3.05) is 13.1 Å². The summed E-state index contributed by atoms with van der Waals surface area (Å²) in [6, 6.07) is 4.49. The SMILES string of the molecule is O=C(c1cncnc1)N1CCC(c2nc3ccc(F)cc3[nH]2)C1. The van der Waals surface area contributed by atoms with E-state index in [1.165, 1.54) is 30.9 Å². The van der Waals surface area contributed by atoms with Gasteiger partial charge in [-0.25, -0.2) is 19.3 Å². The third kappa shape index (κ3) is 2.54. The quantitative estimate of drug-likeness (QED) is 0.786. The van der Waals surface area contributed by atoms with E-state index in [1.807, 2.05) is 0 Å². The molecule has 1 aliphatic heterocycles. The van der Waals surface area contributed by atoms with Crippen LogP contribution in [0, 0.1) is 5.82 Å². The van der Waals surface area contributed by atoms with Gasteiger partial charge in [-0.2, -0.15) is 0 Å². The molecule has 1 aromatic carbocycles. The van der Waals surface area contributed by atoms with Crippen LogP contribution in [-0.4, -0.2) is 43.8 Å². The number of nitrogens with zero attached hydrogens (tertiary/aromatic N) is 4. The Hall–Kier alpha value is -2.83. The third-order valence-electron chi connectivity index (χ3n) is 4.13. The minimum absolute atomic E-state index is 0.0738. The molecule has 0 aliphatic carbocycles. The van der Waals surface area contributed by atoms with Crippen LogP contribution in [0.25, 0.3) is 11.0 Å². The monoisotopic (exact) mass is 311 g/mol. The molecule has 1 atom stereocenters. The van der Waals surface area contributed by atoms with E-state index in [0.717, 1.165) is 17.8 Å². The van der Waals surface area contributed by atoms with Crippen LogP contribution in [0.3, 0.4) is 0 Å². The largest absolute Gasteiger partial charge is 0.342 e. The summed E-state index contributed by atoms with van der Waals surface area (Å²) in [7, 11) is 0. The number of nitrogens with one attached hydrogen (secondary N) is 1. The van der Waals surface area contributed by atoms with Crippen LogP contribution in [0.15, 0.2) is 36.9 Å². The first-order valence-electron chi connectivity index (χ1n) is 7.40. The predicted molar refractivity (Wildman–Crippen MR) is 81.3 cm³/mol. The summed E-state index contributed by atoms with van der Waals surface area (Å²) in [5.74, 6) is 0.555. The summed E-state index contributed by atoms with van der Waals surface area (Å²) in [4.78, 5) is 29.6. The van der Waals surface area contributed by atoms with E-state index < -0.39 is 0 Å². The van der Waals surface area contributed by atoms with Crippen molar-refractivity contribution in [2.45, 2.75) is 12.3 Å². The maximum absolute atomic E-state index is 13.3. The first-order chi connectivity index (χ1) is 11.2. The number of fused-ring (bicyclic) bond motifs is 1. The minimum atomic E-state index is -0.292. The molecule has 23 heavy (non-hydrogen) atoms. The van der Waals surface area contributed by atoms with Gasteiger partial charge < -0.3 is 9.88 Å². The Morgan fingerprint density at radius 2 is 2.13 bits per heavy atom. The molecule has 1 amide bonds. The second kappa shape index (κ2) is 5.42. The minimum Gasteiger partial charge on any atom is -0.342 e. The second-order valence-electron chi connectivity index (χ2n) is 5.65. The summed E-state index contributed by atoms with van der Waals surface area (Å²) < 4.78 is 13.3. The van der Waals surface area contributed by atoms with Gasteiger partial charge in [-0.1, -0.05) is 0 Å². The van der Waals surface area contributed by atoms with E-state index in [-0.39, 0.29) is 17.6 Å². The lowest BCUT2D eigenvalue weighted by atomic mass is 10.1. The fourth-order valence-electron chi connectivity index (χ4n) is 2.95. The summed E-state index contributed by atoms with van der Waals surface area (Å²) >= 11 is 0. The van der Waals surface area contributed by atoms with E-state index in [0.29, 0.717) is 24.2 Å². The van der Waals surface area contributed by atoms with Gasteiger partial charge in [-0.15, -0.1) is 0 Å². The van der Waals surface area contributed by atoms with E-state index in [2.05, 4.69) is 19.9 Å².